The molecule has 0 aliphatic heterocycles. The summed E-state index contributed by atoms with van der Waals surface area (Å²) in [7, 11) is 3.46. The molecule has 4 nitrogen and oxygen atoms in total. The first-order valence-electron chi connectivity index (χ1n) is 6.41. The van der Waals surface area contributed by atoms with Gasteiger partial charge in [0.15, 0.2) is 0 Å². The van der Waals surface area contributed by atoms with Gasteiger partial charge in [0, 0.05) is 50.6 Å². The second kappa shape index (κ2) is 9.31. The van der Waals surface area contributed by atoms with Gasteiger partial charge in [0.05, 0.1) is 6.61 Å². The van der Waals surface area contributed by atoms with Crippen molar-refractivity contribution in [3.8, 4) is 0 Å². The summed E-state index contributed by atoms with van der Waals surface area (Å²) in [4.78, 5) is 2.35. The zero-order valence-electron chi connectivity index (χ0n) is 11.7. The molecule has 0 atom stereocenters. The molecule has 0 saturated carbocycles. The van der Waals surface area contributed by atoms with E-state index in [2.05, 4.69) is 26.9 Å². The van der Waals surface area contributed by atoms with Crippen LogP contribution in [0.5, 0.6) is 0 Å². The summed E-state index contributed by atoms with van der Waals surface area (Å²) in [6.07, 6.45) is 1.02. The number of rotatable bonds is 9. The molecule has 108 valence electrons. The molecule has 0 saturated heterocycles. The van der Waals surface area contributed by atoms with Crippen LogP contribution in [0.3, 0.4) is 0 Å². The molecule has 2 N–H and O–H groups in total. The van der Waals surface area contributed by atoms with Gasteiger partial charge in [-0.05, 0) is 40.0 Å². The van der Waals surface area contributed by atoms with Gasteiger partial charge >= 0.3 is 0 Å². The van der Waals surface area contributed by atoms with Gasteiger partial charge < -0.3 is 15.2 Å². The minimum absolute atomic E-state index is 0.735. The number of anilines is 1. The second-order valence-electron chi connectivity index (χ2n) is 4.47. The van der Waals surface area contributed by atoms with Crippen molar-refractivity contribution in [2.45, 2.75) is 13.0 Å². The van der Waals surface area contributed by atoms with E-state index in [0.717, 1.165) is 49.4 Å². The number of ether oxygens (including phenoxy) is 2. The van der Waals surface area contributed by atoms with Crippen LogP contribution in [-0.4, -0.2) is 45.4 Å². The summed E-state index contributed by atoms with van der Waals surface area (Å²) >= 11 is 3.41. The topological polar surface area (TPSA) is 47.7 Å². The summed E-state index contributed by atoms with van der Waals surface area (Å²) in [5.41, 5.74) is 7.90. The van der Waals surface area contributed by atoms with Crippen LogP contribution in [0.4, 0.5) is 5.69 Å². The number of nitrogen functional groups attached to an aromatic ring is 1. The SMILES string of the molecule is COCCCN(CCOC)Cc1ccc(Br)c(N)c1. The first kappa shape index (κ1) is 16.4. The molecular weight excluding hydrogens is 308 g/mol. The first-order valence-corrected chi connectivity index (χ1v) is 7.20. The van der Waals surface area contributed by atoms with Crippen molar-refractivity contribution in [1.29, 1.82) is 0 Å². The molecule has 0 spiro atoms. The van der Waals surface area contributed by atoms with Gasteiger partial charge in [-0.2, -0.15) is 0 Å². The Kier molecular flexibility index (Phi) is 8.05. The van der Waals surface area contributed by atoms with Crippen molar-refractivity contribution in [1.82, 2.24) is 4.90 Å². The summed E-state index contributed by atoms with van der Waals surface area (Å²) in [6, 6.07) is 6.10. The number of nitrogens with two attached hydrogens (primary N) is 1. The lowest BCUT2D eigenvalue weighted by atomic mass is 10.2. The van der Waals surface area contributed by atoms with Gasteiger partial charge in [-0.1, -0.05) is 6.07 Å². The van der Waals surface area contributed by atoms with Gasteiger partial charge in [-0.3, -0.25) is 4.90 Å². The highest BCUT2D eigenvalue weighted by Crippen LogP contribution is 2.21. The Morgan fingerprint density at radius 2 is 1.89 bits per heavy atom. The van der Waals surface area contributed by atoms with E-state index in [4.69, 9.17) is 15.2 Å². The lowest BCUT2D eigenvalue weighted by Crippen LogP contribution is -2.28. The van der Waals surface area contributed by atoms with E-state index >= 15 is 0 Å². The van der Waals surface area contributed by atoms with Crippen molar-refractivity contribution in [3.05, 3.63) is 28.2 Å². The molecule has 0 unspecified atom stereocenters. The van der Waals surface area contributed by atoms with E-state index in [1.54, 1.807) is 14.2 Å². The largest absolute Gasteiger partial charge is 0.398 e. The summed E-state index contributed by atoms with van der Waals surface area (Å²) in [5, 5.41) is 0. The molecular formula is C14H23BrN2O2. The summed E-state index contributed by atoms with van der Waals surface area (Å²) in [5.74, 6) is 0. The fraction of sp³-hybridized carbons (Fsp3) is 0.571. The van der Waals surface area contributed by atoms with Crippen LogP contribution in [0, 0.1) is 0 Å². The molecule has 19 heavy (non-hydrogen) atoms. The summed E-state index contributed by atoms with van der Waals surface area (Å²) in [6.45, 7) is 4.30. The highest BCUT2D eigenvalue weighted by Gasteiger charge is 2.07. The highest BCUT2D eigenvalue weighted by molar-refractivity contribution is 9.10. The molecule has 0 aliphatic carbocycles. The van der Waals surface area contributed by atoms with Crippen molar-refractivity contribution in [3.63, 3.8) is 0 Å². The zero-order chi connectivity index (χ0) is 14.1. The van der Waals surface area contributed by atoms with Gasteiger partial charge in [0.2, 0.25) is 0 Å². The maximum Gasteiger partial charge on any atom is 0.0589 e. The minimum Gasteiger partial charge on any atom is -0.398 e. The third-order valence-corrected chi connectivity index (χ3v) is 3.62. The normalized spacial score (nSPS) is 11.2. The smallest absolute Gasteiger partial charge is 0.0589 e. The molecule has 5 heteroatoms. The van der Waals surface area contributed by atoms with Gasteiger partial charge in [-0.25, -0.2) is 0 Å². The molecule has 1 aromatic carbocycles. The number of hydrogen-bond acceptors (Lipinski definition) is 4. The Balaban J connectivity index is 2.56. The van der Waals surface area contributed by atoms with Crippen molar-refractivity contribution >= 4 is 21.6 Å². The Hall–Kier alpha value is -0.620. The average molecular weight is 331 g/mol. The van der Waals surface area contributed by atoms with Gasteiger partial charge in [-0.15, -0.1) is 0 Å². The Morgan fingerprint density at radius 1 is 1.16 bits per heavy atom. The van der Waals surface area contributed by atoms with Crippen molar-refractivity contribution in [2.24, 2.45) is 0 Å². The van der Waals surface area contributed by atoms with Crippen molar-refractivity contribution in [2.75, 3.05) is 46.3 Å². The maximum absolute atomic E-state index is 5.91. The van der Waals surface area contributed by atoms with E-state index in [0.29, 0.717) is 0 Å². The fourth-order valence-corrected chi connectivity index (χ4v) is 2.12. The third-order valence-electron chi connectivity index (χ3n) is 2.90. The number of benzene rings is 1. The van der Waals surface area contributed by atoms with Gasteiger partial charge in [0.25, 0.3) is 0 Å². The Bertz CT molecular complexity index is 374. The first-order chi connectivity index (χ1) is 9.17. The van der Waals surface area contributed by atoms with Crippen LogP contribution in [0.2, 0.25) is 0 Å². The predicted molar refractivity (Wildman–Crippen MR) is 82.2 cm³/mol. The van der Waals surface area contributed by atoms with E-state index in [1.165, 1.54) is 5.56 Å². The third kappa shape index (κ3) is 6.38. The quantitative estimate of drug-likeness (QED) is 0.558. The molecule has 0 heterocycles. The van der Waals surface area contributed by atoms with Crippen LogP contribution in [-0.2, 0) is 16.0 Å². The van der Waals surface area contributed by atoms with Crippen LogP contribution in [0.1, 0.15) is 12.0 Å². The standard InChI is InChI=1S/C14H23BrN2O2/c1-18-8-3-6-17(7-9-19-2)11-12-4-5-13(15)14(16)10-12/h4-5,10H,3,6-9,11,16H2,1-2H3. The van der Waals surface area contributed by atoms with E-state index < -0.39 is 0 Å². The molecule has 0 aliphatic rings. The zero-order valence-corrected chi connectivity index (χ0v) is 13.3. The average Bonchev–Trinajstić information content (AvgIpc) is 2.40. The number of methoxy groups -OCH3 is 2. The molecule has 0 fully saturated rings. The molecule has 0 bridgehead atoms. The number of hydrogen-bond donors (Lipinski definition) is 1. The lowest BCUT2D eigenvalue weighted by molar-refractivity contribution is 0.129. The monoisotopic (exact) mass is 330 g/mol. The second-order valence-corrected chi connectivity index (χ2v) is 5.33. The predicted octanol–water partition coefficient (Wildman–Crippen LogP) is 2.52. The van der Waals surface area contributed by atoms with Crippen LogP contribution in [0.15, 0.2) is 22.7 Å². The minimum atomic E-state index is 0.735. The maximum atomic E-state index is 5.91. The Morgan fingerprint density at radius 3 is 2.53 bits per heavy atom. The van der Waals surface area contributed by atoms with Crippen LogP contribution in [0.25, 0.3) is 0 Å². The highest BCUT2D eigenvalue weighted by atomic mass is 79.9. The van der Waals surface area contributed by atoms with E-state index in [1.807, 2.05) is 12.1 Å². The van der Waals surface area contributed by atoms with Gasteiger partial charge in [0.1, 0.15) is 0 Å². The van der Waals surface area contributed by atoms with Crippen LogP contribution < -0.4 is 5.73 Å². The molecule has 0 aromatic heterocycles. The summed E-state index contributed by atoms with van der Waals surface area (Å²) < 4.78 is 11.2. The number of halogens is 1. The van der Waals surface area contributed by atoms with Crippen molar-refractivity contribution < 1.29 is 9.47 Å². The molecule has 0 radical (unpaired) electrons. The van der Waals surface area contributed by atoms with Crippen LogP contribution >= 0.6 is 15.9 Å². The molecule has 1 rings (SSSR count). The van der Waals surface area contributed by atoms with E-state index in [-0.39, 0.29) is 0 Å². The molecule has 1 aromatic rings. The number of nitrogens with zero attached hydrogens (tertiary/aromatic N) is 1. The fourth-order valence-electron chi connectivity index (χ4n) is 1.87. The molecule has 0 amide bonds. The Labute approximate surface area is 124 Å². The lowest BCUT2D eigenvalue weighted by Gasteiger charge is -2.22. The van der Waals surface area contributed by atoms with E-state index in [9.17, 15) is 0 Å².